The van der Waals surface area contributed by atoms with E-state index in [0.29, 0.717) is 18.0 Å². The summed E-state index contributed by atoms with van der Waals surface area (Å²) in [5.41, 5.74) is 9.37. The predicted molar refractivity (Wildman–Crippen MR) is 75.4 cm³/mol. The fourth-order valence-corrected chi connectivity index (χ4v) is 1.85. The number of ether oxygens (including phenoxy) is 2. The van der Waals surface area contributed by atoms with Crippen LogP contribution in [0.1, 0.15) is 17.0 Å². The lowest BCUT2D eigenvalue weighted by molar-refractivity contribution is 0.301. The quantitative estimate of drug-likeness (QED) is 0.857. The van der Waals surface area contributed by atoms with Gasteiger partial charge in [-0.1, -0.05) is 6.07 Å². The molecule has 19 heavy (non-hydrogen) atoms. The highest BCUT2D eigenvalue weighted by Crippen LogP contribution is 2.23. The van der Waals surface area contributed by atoms with Crippen LogP contribution in [0.15, 0.2) is 30.3 Å². The molecule has 2 N–H and O–H groups in total. The van der Waals surface area contributed by atoms with Crippen molar-refractivity contribution < 1.29 is 9.47 Å². The van der Waals surface area contributed by atoms with Gasteiger partial charge >= 0.3 is 0 Å². The standard InChI is InChI=1S/C15H18N2O2/c1-10-4-5-15(14(16)6-10)19-9-12-8-13(18-3)7-11(2)17-12/h4-8H,9,16H2,1-3H3. The lowest BCUT2D eigenvalue weighted by Crippen LogP contribution is -2.02. The highest BCUT2D eigenvalue weighted by atomic mass is 16.5. The molecule has 1 heterocycles. The van der Waals surface area contributed by atoms with Crippen molar-refractivity contribution in [1.29, 1.82) is 0 Å². The van der Waals surface area contributed by atoms with Crippen LogP contribution >= 0.6 is 0 Å². The molecule has 0 saturated heterocycles. The zero-order chi connectivity index (χ0) is 13.8. The van der Waals surface area contributed by atoms with Gasteiger partial charge in [-0.05, 0) is 31.5 Å². The van der Waals surface area contributed by atoms with Gasteiger partial charge < -0.3 is 15.2 Å². The molecule has 0 unspecified atom stereocenters. The summed E-state index contributed by atoms with van der Waals surface area (Å²) in [5, 5.41) is 0. The first-order chi connectivity index (χ1) is 9.08. The summed E-state index contributed by atoms with van der Waals surface area (Å²) < 4.78 is 10.9. The van der Waals surface area contributed by atoms with Gasteiger partial charge in [-0.3, -0.25) is 4.98 Å². The van der Waals surface area contributed by atoms with Gasteiger partial charge in [0.25, 0.3) is 0 Å². The maximum atomic E-state index is 5.90. The second-order valence-corrected chi connectivity index (χ2v) is 4.47. The number of nitrogens with two attached hydrogens (primary N) is 1. The highest BCUT2D eigenvalue weighted by Gasteiger charge is 2.04. The number of hydrogen-bond donors (Lipinski definition) is 1. The Hall–Kier alpha value is -2.23. The van der Waals surface area contributed by atoms with Gasteiger partial charge in [-0.15, -0.1) is 0 Å². The number of nitrogens with zero attached hydrogens (tertiary/aromatic N) is 1. The van der Waals surface area contributed by atoms with E-state index in [-0.39, 0.29) is 0 Å². The van der Waals surface area contributed by atoms with E-state index in [2.05, 4.69) is 4.98 Å². The largest absolute Gasteiger partial charge is 0.497 e. The minimum Gasteiger partial charge on any atom is -0.497 e. The van der Waals surface area contributed by atoms with E-state index in [4.69, 9.17) is 15.2 Å². The number of anilines is 1. The van der Waals surface area contributed by atoms with Crippen LogP contribution in [-0.2, 0) is 6.61 Å². The number of methoxy groups -OCH3 is 1. The van der Waals surface area contributed by atoms with Gasteiger partial charge in [0.15, 0.2) is 0 Å². The number of pyridine rings is 1. The normalized spacial score (nSPS) is 10.3. The molecule has 0 amide bonds. The number of benzene rings is 1. The van der Waals surface area contributed by atoms with Crippen LogP contribution in [0.3, 0.4) is 0 Å². The highest BCUT2D eigenvalue weighted by molar-refractivity contribution is 5.54. The zero-order valence-electron chi connectivity index (χ0n) is 11.4. The Bertz CT molecular complexity index is 582. The molecule has 0 spiro atoms. The summed E-state index contributed by atoms with van der Waals surface area (Å²) in [7, 11) is 1.64. The maximum Gasteiger partial charge on any atom is 0.142 e. The topological polar surface area (TPSA) is 57.4 Å². The SMILES string of the molecule is COc1cc(C)nc(COc2ccc(C)cc2N)c1. The number of aromatic nitrogens is 1. The number of nitrogen functional groups attached to an aromatic ring is 1. The molecule has 1 aromatic heterocycles. The molecule has 100 valence electrons. The average molecular weight is 258 g/mol. The van der Waals surface area contributed by atoms with Crippen molar-refractivity contribution in [2.24, 2.45) is 0 Å². The molecule has 4 nitrogen and oxygen atoms in total. The second-order valence-electron chi connectivity index (χ2n) is 4.47. The van der Waals surface area contributed by atoms with E-state index >= 15 is 0 Å². The van der Waals surface area contributed by atoms with Crippen molar-refractivity contribution in [2.75, 3.05) is 12.8 Å². The minimum atomic E-state index is 0.366. The minimum absolute atomic E-state index is 0.366. The first-order valence-corrected chi connectivity index (χ1v) is 6.09. The van der Waals surface area contributed by atoms with Crippen LogP contribution in [0.5, 0.6) is 11.5 Å². The van der Waals surface area contributed by atoms with E-state index in [9.17, 15) is 0 Å². The Balaban J connectivity index is 2.12. The summed E-state index contributed by atoms with van der Waals surface area (Å²) in [6.45, 7) is 4.28. The Labute approximate surface area is 113 Å². The fraction of sp³-hybridized carbons (Fsp3) is 0.267. The fourth-order valence-electron chi connectivity index (χ4n) is 1.85. The Morgan fingerprint density at radius 1 is 1.16 bits per heavy atom. The van der Waals surface area contributed by atoms with Crippen molar-refractivity contribution in [1.82, 2.24) is 4.98 Å². The molecule has 0 bridgehead atoms. The maximum absolute atomic E-state index is 5.90. The van der Waals surface area contributed by atoms with Crippen LogP contribution < -0.4 is 15.2 Å². The molecule has 1 aromatic carbocycles. The molecule has 0 aliphatic rings. The third-order valence-corrected chi connectivity index (χ3v) is 2.76. The van der Waals surface area contributed by atoms with E-state index in [0.717, 1.165) is 22.7 Å². The van der Waals surface area contributed by atoms with Crippen LogP contribution in [0.25, 0.3) is 0 Å². The summed E-state index contributed by atoms with van der Waals surface area (Å²) in [5.74, 6) is 1.45. The van der Waals surface area contributed by atoms with Crippen LogP contribution in [0.2, 0.25) is 0 Å². The molecule has 0 fully saturated rings. The molecule has 0 aliphatic carbocycles. The van der Waals surface area contributed by atoms with Gasteiger partial charge in [0.2, 0.25) is 0 Å². The molecule has 0 atom stereocenters. The lowest BCUT2D eigenvalue weighted by atomic mass is 10.2. The number of hydrogen-bond acceptors (Lipinski definition) is 4. The van der Waals surface area contributed by atoms with Crippen molar-refractivity contribution in [3.05, 3.63) is 47.3 Å². The van der Waals surface area contributed by atoms with E-state index < -0.39 is 0 Å². The van der Waals surface area contributed by atoms with Crippen LogP contribution in [0, 0.1) is 13.8 Å². The molecule has 0 saturated carbocycles. The van der Waals surface area contributed by atoms with Gasteiger partial charge in [0.05, 0.1) is 18.5 Å². The Kier molecular flexibility index (Phi) is 3.90. The van der Waals surface area contributed by atoms with Crippen molar-refractivity contribution in [3.63, 3.8) is 0 Å². The van der Waals surface area contributed by atoms with Gasteiger partial charge in [0, 0.05) is 17.8 Å². The molecular formula is C15H18N2O2. The summed E-state index contributed by atoms with van der Waals surface area (Å²) in [6, 6.07) is 9.47. The Morgan fingerprint density at radius 2 is 1.95 bits per heavy atom. The molecular weight excluding hydrogens is 240 g/mol. The third kappa shape index (κ3) is 3.37. The average Bonchev–Trinajstić information content (AvgIpc) is 2.37. The van der Waals surface area contributed by atoms with E-state index in [1.807, 2.05) is 44.2 Å². The molecule has 0 radical (unpaired) electrons. The summed E-state index contributed by atoms with van der Waals surface area (Å²) in [6.07, 6.45) is 0. The molecule has 2 rings (SSSR count). The van der Waals surface area contributed by atoms with Crippen molar-refractivity contribution in [2.45, 2.75) is 20.5 Å². The van der Waals surface area contributed by atoms with Gasteiger partial charge in [-0.2, -0.15) is 0 Å². The smallest absolute Gasteiger partial charge is 0.142 e. The van der Waals surface area contributed by atoms with Crippen molar-refractivity contribution >= 4 is 5.69 Å². The first-order valence-electron chi connectivity index (χ1n) is 6.09. The monoisotopic (exact) mass is 258 g/mol. The lowest BCUT2D eigenvalue weighted by Gasteiger charge is -2.10. The molecule has 0 aliphatic heterocycles. The number of rotatable bonds is 4. The van der Waals surface area contributed by atoms with E-state index in [1.54, 1.807) is 7.11 Å². The third-order valence-electron chi connectivity index (χ3n) is 2.76. The molecule has 4 heteroatoms. The first kappa shape index (κ1) is 13.2. The second kappa shape index (κ2) is 5.61. The zero-order valence-corrected chi connectivity index (χ0v) is 11.4. The van der Waals surface area contributed by atoms with E-state index in [1.165, 1.54) is 0 Å². The summed E-state index contributed by atoms with van der Waals surface area (Å²) in [4.78, 5) is 4.40. The Morgan fingerprint density at radius 3 is 2.63 bits per heavy atom. The van der Waals surface area contributed by atoms with Crippen molar-refractivity contribution in [3.8, 4) is 11.5 Å². The number of aryl methyl sites for hydroxylation is 2. The predicted octanol–water partition coefficient (Wildman–Crippen LogP) is 2.87. The van der Waals surface area contributed by atoms with Gasteiger partial charge in [-0.25, -0.2) is 0 Å². The molecule has 2 aromatic rings. The van der Waals surface area contributed by atoms with Crippen LogP contribution in [-0.4, -0.2) is 12.1 Å². The van der Waals surface area contributed by atoms with Crippen LogP contribution in [0.4, 0.5) is 5.69 Å². The summed E-state index contributed by atoms with van der Waals surface area (Å²) >= 11 is 0. The van der Waals surface area contributed by atoms with Gasteiger partial charge in [0.1, 0.15) is 18.1 Å².